The zero-order valence-corrected chi connectivity index (χ0v) is 16.6. The summed E-state index contributed by atoms with van der Waals surface area (Å²) in [6.45, 7) is 3.35. The number of nitrogens with zero attached hydrogens (tertiary/aromatic N) is 2. The van der Waals surface area contributed by atoms with Crippen LogP contribution in [0.5, 0.6) is 0 Å². The first kappa shape index (κ1) is 19.8. The minimum absolute atomic E-state index is 0.259. The van der Waals surface area contributed by atoms with Crippen molar-refractivity contribution < 1.29 is 23.9 Å². The second kappa shape index (κ2) is 7.93. The van der Waals surface area contributed by atoms with E-state index in [4.69, 9.17) is 4.74 Å². The van der Waals surface area contributed by atoms with Gasteiger partial charge in [-0.3, -0.25) is 19.3 Å². The number of esters is 1. The van der Waals surface area contributed by atoms with Gasteiger partial charge in [0.05, 0.1) is 17.7 Å². The number of likely N-dealkylation sites (N-methyl/N-ethyl adjacent to an activating group) is 1. The summed E-state index contributed by atoms with van der Waals surface area (Å²) in [5.41, 5.74) is 1.62. The van der Waals surface area contributed by atoms with Gasteiger partial charge >= 0.3 is 5.97 Å². The number of carbonyl (C=O) groups is 4. The zero-order chi connectivity index (χ0) is 20.4. The van der Waals surface area contributed by atoms with E-state index in [1.165, 1.54) is 11.8 Å². The monoisotopic (exact) mass is 400 g/mol. The van der Waals surface area contributed by atoms with Crippen molar-refractivity contribution in [2.75, 3.05) is 13.7 Å². The van der Waals surface area contributed by atoms with Crippen molar-refractivity contribution in [1.82, 2.24) is 9.80 Å². The lowest BCUT2D eigenvalue weighted by Gasteiger charge is -2.22. The highest BCUT2D eigenvalue weighted by Crippen LogP contribution is 2.24. The lowest BCUT2D eigenvalue weighted by atomic mass is 10.1. The van der Waals surface area contributed by atoms with Crippen molar-refractivity contribution in [2.24, 2.45) is 0 Å². The molecule has 0 radical (unpaired) electrons. The number of carbonyl (C=O) groups excluding carboxylic acids is 4. The molecule has 0 fully saturated rings. The fraction of sp³-hybridized carbons (Fsp3) is 0.300. The highest BCUT2D eigenvalue weighted by atomic mass is 32.1. The van der Waals surface area contributed by atoms with E-state index in [2.05, 4.69) is 0 Å². The molecule has 0 spiro atoms. The maximum absolute atomic E-state index is 12.4. The molecule has 0 aliphatic carbocycles. The predicted molar refractivity (Wildman–Crippen MR) is 103 cm³/mol. The zero-order valence-electron chi connectivity index (χ0n) is 15.8. The van der Waals surface area contributed by atoms with Crippen molar-refractivity contribution in [2.45, 2.75) is 26.4 Å². The second-order valence-electron chi connectivity index (χ2n) is 6.59. The summed E-state index contributed by atoms with van der Waals surface area (Å²) in [6.07, 6.45) is 0. The van der Waals surface area contributed by atoms with E-state index >= 15 is 0 Å². The quantitative estimate of drug-likeness (QED) is 0.549. The van der Waals surface area contributed by atoms with Gasteiger partial charge in [-0.2, -0.15) is 0 Å². The standard InChI is InChI=1S/C20H20N2O5S/c1-12-8-9-28-16(12)10-21(3)17(23)11-27-20(26)13(2)22-18(24)14-6-4-5-7-15(14)19(22)25/h4-9,13H,10-11H2,1-3H3/t13-/m0/s1. The maximum atomic E-state index is 12.4. The van der Waals surface area contributed by atoms with Gasteiger partial charge < -0.3 is 9.64 Å². The molecular formula is C20H20N2O5S. The Bertz CT molecular complexity index is 917. The molecule has 0 unspecified atom stereocenters. The third-order valence-corrected chi connectivity index (χ3v) is 5.67. The Labute approximate surface area is 166 Å². The van der Waals surface area contributed by atoms with E-state index in [1.54, 1.807) is 42.6 Å². The Morgan fingerprint density at radius 1 is 1.14 bits per heavy atom. The van der Waals surface area contributed by atoms with E-state index in [1.807, 2.05) is 18.4 Å². The Hall–Kier alpha value is -3.00. The van der Waals surface area contributed by atoms with Crippen molar-refractivity contribution >= 4 is 35.0 Å². The molecule has 8 heteroatoms. The van der Waals surface area contributed by atoms with Crippen LogP contribution in [0, 0.1) is 6.92 Å². The van der Waals surface area contributed by atoms with E-state index < -0.39 is 30.4 Å². The van der Waals surface area contributed by atoms with Gasteiger partial charge in [-0.1, -0.05) is 12.1 Å². The lowest BCUT2D eigenvalue weighted by molar-refractivity contribution is -0.154. The van der Waals surface area contributed by atoms with Gasteiger partial charge in [-0.15, -0.1) is 11.3 Å². The molecule has 0 saturated heterocycles. The van der Waals surface area contributed by atoms with Crippen molar-refractivity contribution in [3.63, 3.8) is 0 Å². The first-order valence-corrected chi connectivity index (χ1v) is 9.59. The lowest BCUT2D eigenvalue weighted by Crippen LogP contribution is -2.44. The highest BCUT2D eigenvalue weighted by molar-refractivity contribution is 7.10. The predicted octanol–water partition coefficient (Wildman–Crippen LogP) is 2.24. The van der Waals surface area contributed by atoms with E-state index in [0.717, 1.165) is 15.3 Å². The van der Waals surface area contributed by atoms with Gasteiger partial charge in [0.25, 0.3) is 17.7 Å². The number of benzene rings is 1. The fourth-order valence-corrected chi connectivity index (χ4v) is 3.86. The third kappa shape index (κ3) is 3.68. The molecule has 7 nitrogen and oxygen atoms in total. The number of fused-ring (bicyclic) bond motifs is 1. The number of hydrogen-bond acceptors (Lipinski definition) is 6. The van der Waals surface area contributed by atoms with Crippen LogP contribution < -0.4 is 0 Å². The van der Waals surface area contributed by atoms with Gasteiger partial charge in [0, 0.05) is 11.9 Å². The Morgan fingerprint density at radius 2 is 1.75 bits per heavy atom. The number of aryl methyl sites for hydroxylation is 1. The number of amides is 3. The molecule has 0 saturated carbocycles. The van der Waals surface area contributed by atoms with Crippen LogP contribution in [0.4, 0.5) is 0 Å². The van der Waals surface area contributed by atoms with Crippen LogP contribution in [-0.2, 0) is 20.9 Å². The summed E-state index contributed by atoms with van der Waals surface area (Å²) < 4.78 is 5.07. The molecule has 1 aliphatic rings. The number of ether oxygens (including phenoxy) is 1. The maximum Gasteiger partial charge on any atom is 0.329 e. The molecule has 3 rings (SSSR count). The summed E-state index contributed by atoms with van der Waals surface area (Å²) in [6, 6.07) is 7.24. The summed E-state index contributed by atoms with van der Waals surface area (Å²) in [5, 5.41) is 1.95. The smallest absolute Gasteiger partial charge is 0.329 e. The van der Waals surface area contributed by atoms with Crippen LogP contribution in [0.25, 0.3) is 0 Å². The van der Waals surface area contributed by atoms with Crippen LogP contribution in [0.1, 0.15) is 38.1 Å². The number of imide groups is 1. The number of rotatable bonds is 6. The van der Waals surface area contributed by atoms with E-state index in [0.29, 0.717) is 6.54 Å². The van der Waals surface area contributed by atoms with Gasteiger partial charge in [0.1, 0.15) is 6.04 Å². The summed E-state index contributed by atoms with van der Waals surface area (Å²) in [5.74, 6) is -2.25. The summed E-state index contributed by atoms with van der Waals surface area (Å²) in [4.78, 5) is 52.8. The minimum Gasteiger partial charge on any atom is -0.454 e. The molecule has 1 aromatic carbocycles. The normalized spacial score (nSPS) is 14.0. The largest absolute Gasteiger partial charge is 0.454 e. The highest BCUT2D eigenvalue weighted by Gasteiger charge is 2.41. The molecule has 3 amide bonds. The van der Waals surface area contributed by atoms with Gasteiger partial charge in [-0.05, 0) is 43.0 Å². The van der Waals surface area contributed by atoms with Crippen molar-refractivity contribution in [3.05, 3.63) is 57.3 Å². The third-order valence-electron chi connectivity index (χ3n) is 4.67. The average Bonchev–Trinajstić information content (AvgIpc) is 3.20. The van der Waals surface area contributed by atoms with E-state index in [9.17, 15) is 19.2 Å². The SMILES string of the molecule is Cc1ccsc1CN(C)C(=O)COC(=O)[C@H](C)N1C(=O)c2ccccc2C1=O. The van der Waals surface area contributed by atoms with Crippen molar-refractivity contribution in [3.8, 4) is 0 Å². The van der Waals surface area contributed by atoms with Gasteiger partial charge in [0.15, 0.2) is 6.61 Å². The fourth-order valence-electron chi connectivity index (χ4n) is 2.90. The molecule has 1 atom stereocenters. The molecule has 0 N–H and O–H groups in total. The molecule has 28 heavy (non-hydrogen) atoms. The molecule has 1 aromatic heterocycles. The molecule has 1 aliphatic heterocycles. The van der Waals surface area contributed by atoms with Crippen LogP contribution in [0.2, 0.25) is 0 Å². The van der Waals surface area contributed by atoms with Crippen LogP contribution in [0.15, 0.2) is 35.7 Å². The Kier molecular flexibility index (Phi) is 5.60. The summed E-state index contributed by atoms with van der Waals surface area (Å²) in [7, 11) is 1.63. The van der Waals surface area contributed by atoms with Gasteiger partial charge in [0.2, 0.25) is 0 Å². The molecule has 146 valence electrons. The topological polar surface area (TPSA) is 84.0 Å². The molecule has 2 heterocycles. The van der Waals surface area contributed by atoms with Crippen molar-refractivity contribution in [1.29, 1.82) is 0 Å². The van der Waals surface area contributed by atoms with Crippen LogP contribution in [-0.4, -0.2) is 53.2 Å². The van der Waals surface area contributed by atoms with E-state index in [-0.39, 0.29) is 17.0 Å². The second-order valence-corrected chi connectivity index (χ2v) is 7.59. The Morgan fingerprint density at radius 3 is 2.29 bits per heavy atom. The Balaban J connectivity index is 1.58. The average molecular weight is 400 g/mol. The first-order valence-electron chi connectivity index (χ1n) is 8.71. The first-order chi connectivity index (χ1) is 13.3. The molecular weight excluding hydrogens is 380 g/mol. The molecule has 0 bridgehead atoms. The van der Waals surface area contributed by atoms with Crippen LogP contribution in [0.3, 0.4) is 0 Å². The molecule has 2 aromatic rings. The number of hydrogen-bond donors (Lipinski definition) is 0. The number of thiophene rings is 1. The summed E-state index contributed by atoms with van der Waals surface area (Å²) >= 11 is 1.55. The van der Waals surface area contributed by atoms with Gasteiger partial charge in [-0.25, -0.2) is 4.79 Å². The van der Waals surface area contributed by atoms with Crippen LogP contribution >= 0.6 is 11.3 Å². The minimum atomic E-state index is -1.12.